The van der Waals surface area contributed by atoms with Crippen molar-refractivity contribution in [2.24, 2.45) is 0 Å². The van der Waals surface area contributed by atoms with Crippen molar-refractivity contribution in [1.29, 1.82) is 0 Å². The fraction of sp³-hybridized carbons (Fsp3) is 0.400. The molecule has 0 bridgehead atoms. The third kappa shape index (κ3) is 2.77. The lowest BCUT2D eigenvalue weighted by molar-refractivity contribution is 0.184. The first-order valence-corrected chi connectivity index (χ1v) is 4.22. The van der Waals surface area contributed by atoms with E-state index >= 15 is 0 Å². The molecule has 72 valence electrons. The van der Waals surface area contributed by atoms with Gasteiger partial charge >= 0.3 is 0 Å². The van der Waals surface area contributed by atoms with Crippen LogP contribution in [0.1, 0.15) is 18.9 Å². The highest BCUT2D eigenvalue weighted by molar-refractivity contribution is 5.18. The molecule has 1 N–H and O–H groups in total. The van der Waals surface area contributed by atoms with Crippen molar-refractivity contribution in [2.75, 3.05) is 0 Å². The molecule has 1 aromatic rings. The number of halogens is 2. The van der Waals surface area contributed by atoms with Crippen molar-refractivity contribution in [3.05, 3.63) is 35.4 Å². The zero-order chi connectivity index (χ0) is 9.84. The van der Waals surface area contributed by atoms with Crippen molar-refractivity contribution in [3.8, 4) is 0 Å². The van der Waals surface area contributed by atoms with E-state index in [2.05, 4.69) is 0 Å². The maximum Gasteiger partial charge on any atom is 0.162 e. The van der Waals surface area contributed by atoms with Gasteiger partial charge in [0.25, 0.3) is 0 Å². The van der Waals surface area contributed by atoms with E-state index in [-0.39, 0.29) is 0 Å². The van der Waals surface area contributed by atoms with Gasteiger partial charge in [0.1, 0.15) is 0 Å². The van der Waals surface area contributed by atoms with E-state index in [0.29, 0.717) is 18.4 Å². The van der Waals surface area contributed by atoms with Crippen LogP contribution in [0.3, 0.4) is 0 Å². The van der Waals surface area contributed by atoms with Gasteiger partial charge in [-0.15, -0.1) is 0 Å². The summed E-state index contributed by atoms with van der Waals surface area (Å²) < 4.78 is 25.7. The van der Waals surface area contributed by atoms with E-state index in [9.17, 15) is 8.78 Å². The van der Waals surface area contributed by atoms with Gasteiger partial charge in [-0.25, -0.2) is 8.78 Å². The molecule has 1 unspecified atom stereocenters. The third-order valence-electron chi connectivity index (χ3n) is 1.86. The molecule has 0 saturated carbocycles. The van der Waals surface area contributed by atoms with Gasteiger partial charge in [-0.05, 0) is 31.4 Å². The second-order valence-corrected chi connectivity index (χ2v) is 3.10. The van der Waals surface area contributed by atoms with Crippen LogP contribution in [0, 0.1) is 11.6 Å². The van der Waals surface area contributed by atoms with Crippen molar-refractivity contribution >= 4 is 0 Å². The van der Waals surface area contributed by atoms with E-state index in [1.54, 1.807) is 6.92 Å². The smallest absolute Gasteiger partial charge is 0.162 e. The van der Waals surface area contributed by atoms with Gasteiger partial charge in [-0.1, -0.05) is 12.1 Å². The average molecular weight is 186 g/mol. The molecule has 0 saturated heterocycles. The topological polar surface area (TPSA) is 20.2 Å². The van der Waals surface area contributed by atoms with Gasteiger partial charge in [-0.3, -0.25) is 0 Å². The highest BCUT2D eigenvalue weighted by Crippen LogP contribution is 2.13. The molecule has 1 atom stereocenters. The first-order valence-electron chi connectivity index (χ1n) is 4.22. The Kier molecular flexibility index (Phi) is 3.37. The first-order chi connectivity index (χ1) is 6.11. The van der Waals surface area contributed by atoms with E-state index < -0.39 is 17.7 Å². The Labute approximate surface area is 76.0 Å². The van der Waals surface area contributed by atoms with E-state index in [1.807, 2.05) is 0 Å². The molecule has 0 heterocycles. The zero-order valence-corrected chi connectivity index (χ0v) is 7.43. The largest absolute Gasteiger partial charge is 0.393 e. The number of rotatable bonds is 3. The average Bonchev–Trinajstić information content (AvgIpc) is 2.07. The molecule has 0 fully saturated rings. The van der Waals surface area contributed by atoms with Gasteiger partial charge in [0, 0.05) is 0 Å². The number of hydrogen-bond acceptors (Lipinski definition) is 1. The molecule has 1 nitrogen and oxygen atoms in total. The Hall–Kier alpha value is -0.960. The summed E-state index contributed by atoms with van der Waals surface area (Å²) in [6, 6.07) is 4.08. The summed E-state index contributed by atoms with van der Waals surface area (Å²) in [5.41, 5.74) is 0.320. The summed E-state index contributed by atoms with van der Waals surface area (Å²) in [5.74, 6) is -1.63. The molecule has 0 radical (unpaired) electrons. The Morgan fingerprint density at radius 2 is 2.08 bits per heavy atom. The molecule has 3 heteroatoms. The second kappa shape index (κ2) is 4.33. The van der Waals surface area contributed by atoms with E-state index in [1.165, 1.54) is 12.1 Å². The minimum Gasteiger partial charge on any atom is -0.393 e. The molecule has 13 heavy (non-hydrogen) atoms. The van der Waals surface area contributed by atoms with Crippen LogP contribution < -0.4 is 0 Å². The minimum atomic E-state index is -0.830. The highest BCUT2D eigenvalue weighted by Gasteiger charge is 2.07. The maximum atomic E-state index is 13.0. The maximum absolute atomic E-state index is 13.0. The van der Waals surface area contributed by atoms with Crippen LogP contribution in [0.25, 0.3) is 0 Å². The minimum absolute atomic E-state index is 0.320. The molecular weight excluding hydrogens is 174 g/mol. The van der Waals surface area contributed by atoms with Crippen molar-refractivity contribution < 1.29 is 13.9 Å². The number of aryl methyl sites for hydroxylation is 1. The number of hydrogen-bond donors (Lipinski definition) is 1. The third-order valence-corrected chi connectivity index (χ3v) is 1.86. The van der Waals surface area contributed by atoms with Gasteiger partial charge in [0.2, 0.25) is 0 Å². The van der Waals surface area contributed by atoms with Crippen LogP contribution in [0.2, 0.25) is 0 Å². The molecule has 0 aromatic heterocycles. The fourth-order valence-corrected chi connectivity index (χ4v) is 1.11. The summed E-state index contributed by atoms with van der Waals surface area (Å²) in [7, 11) is 0. The molecular formula is C10H12F2O. The van der Waals surface area contributed by atoms with Crippen molar-refractivity contribution in [1.82, 2.24) is 0 Å². The lowest BCUT2D eigenvalue weighted by Crippen LogP contribution is -2.03. The first kappa shape index (κ1) is 10.1. The standard InChI is InChI=1S/C10H12F2O/c1-7(13)5-6-8-3-2-4-9(11)10(8)12/h2-4,7,13H,5-6H2,1H3. The monoisotopic (exact) mass is 186 g/mol. The van der Waals surface area contributed by atoms with Crippen molar-refractivity contribution in [3.63, 3.8) is 0 Å². The molecule has 1 aromatic carbocycles. The van der Waals surface area contributed by atoms with Crippen LogP contribution in [-0.2, 0) is 6.42 Å². The van der Waals surface area contributed by atoms with E-state index in [4.69, 9.17) is 5.11 Å². The summed E-state index contributed by atoms with van der Waals surface area (Å²) >= 11 is 0. The lowest BCUT2D eigenvalue weighted by atomic mass is 10.1. The van der Waals surface area contributed by atoms with Crippen LogP contribution in [0.5, 0.6) is 0 Å². The second-order valence-electron chi connectivity index (χ2n) is 3.10. The van der Waals surface area contributed by atoms with Gasteiger partial charge in [0.15, 0.2) is 11.6 Å². The van der Waals surface area contributed by atoms with E-state index in [0.717, 1.165) is 6.07 Å². The number of benzene rings is 1. The number of aliphatic hydroxyl groups is 1. The quantitative estimate of drug-likeness (QED) is 0.767. The normalized spacial score (nSPS) is 12.9. The van der Waals surface area contributed by atoms with Gasteiger partial charge < -0.3 is 5.11 Å². The molecule has 1 rings (SSSR count). The van der Waals surface area contributed by atoms with Crippen LogP contribution in [0.4, 0.5) is 8.78 Å². The Morgan fingerprint density at radius 1 is 1.38 bits per heavy atom. The van der Waals surface area contributed by atoms with Gasteiger partial charge in [0.05, 0.1) is 6.10 Å². The lowest BCUT2D eigenvalue weighted by Gasteiger charge is -2.05. The van der Waals surface area contributed by atoms with Crippen LogP contribution in [0.15, 0.2) is 18.2 Å². The Morgan fingerprint density at radius 3 is 2.69 bits per heavy atom. The van der Waals surface area contributed by atoms with Crippen molar-refractivity contribution in [2.45, 2.75) is 25.9 Å². The zero-order valence-electron chi connectivity index (χ0n) is 7.43. The molecule has 0 aliphatic carbocycles. The summed E-state index contributed by atoms with van der Waals surface area (Å²) in [5, 5.41) is 8.96. The summed E-state index contributed by atoms with van der Waals surface area (Å²) in [6.45, 7) is 1.62. The number of aliphatic hydroxyl groups excluding tert-OH is 1. The predicted octanol–water partition coefficient (Wildman–Crippen LogP) is 2.28. The molecule has 0 spiro atoms. The fourth-order valence-electron chi connectivity index (χ4n) is 1.11. The highest BCUT2D eigenvalue weighted by atomic mass is 19.2. The molecule has 0 aliphatic rings. The summed E-state index contributed by atoms with van der Waals surface area (Å²) in [6.07, 6.45) is 0.324. The van der Waals surface area contributed by atoms with Crippen LogP contribution in [-0.4, -0.2) is 11.2 Å². The molecule has 0 aliphatic heterocycles. The summed E-state index contributed by atoms with van der Waals surface area (Å²) in [4.78, 5) is 0. The SMILES string of the molecule is CC(O)CCc1cccc(F)c1F. The van der Waals surface area contributed by atoms with Gasteiger partial charge in [-0.2, -0.15) is 0 Å². The molecule has 0 amide bonds. The Balaban J connectivity index is 2.71. The van der Waals surface area contributed by atoms with Crippen LogP contribution >= 0.6 is 0 Å². The predicted molar refractivity (Wildman–Crippen MR) is 46.4 cm³/mol. The Bertz CT molecular complexity index is 284.